The third-order valence-electron chi connectivity index (χ3n) is 4.32. The molecule has 0 spiro atoms. The summed E-state index contributed by atoms with van der Waals surface area (Å²) in [6, 6.07) is 11.0. The summed E-state index contributed by atoms with van der Waals surface area (Å²) in [5.41, 5.74) is 2.06. The van der Waals surface area contributed by atoms with E-state index in [1.807, 2.05) is 38.4 Å². The molecule has 1 aromatic heterocycles. The van der Waals surface area contributed by atoms with Gasteiger partial charge in [-0.05, 0) is 44.4 Å². The van der Waals surface area contributed by atoms with E-state index in [1.165, 1.54) is 6.07 Å². The number of fused-ring (bicyclic) bond motifs is 1. The maximum atomic E-state index is 13.3. The van der Waals surface area contributed by atoms with Crippen LogP contribution in [0.2, 0.25) is 0 Å². The molecular formula is C20H22F2N4O. The first-order valence-electron chi connectivity index (χ1n) is 8.78. The molecule has 0 saturated carbocycles. The molecular weight excluding hydrogens is 350 g/mol. The predicted molar refractivity (Wildman–Crippen MR) is 101 cm³/mol. The van der Waals surface area contributed by atoms with Gasteiger partial charge in [0.05, 0.1) is 11.0 Å². The van der Waals surface area contributed by atoms with Crippen LogP contribution in [0.15, 0.2) is 42.5 Å². The predicted octanol–water partition coefficient (Wildman–Crippen LogP) is 2.85. The Morgan fingerprint density at radius 3 is 2.67 bits per heavy atom. The van der Waals surface area contributed by atoms with Crippen LogP contribution in [0.1, 0.15) is 16.2 Å². The number of para-hydroxylation sites is 2. The van der Waals surface area contributed by atoms with Crippen molar-refractivity contribution in [1.29, 1.82) is 0 Å². The minimum Gasteiger partial charge on any atom is -0.352 e. The van der Waals surface area contributed by atoms with Crippen molar-refractivity contribution in [2.45, 2.75) is 13.0 Å². The lowest BCUT2D eigenvalue weighted by atomic mass is 10.2. The Labute approximate surface area is 156 Å². The SMILES string of the molecule is CN(C)CCn1c(CCNC(=O)c2ccc(F)c(F)c2)nc2ccccc21. The number of amides is 1. The minimum atomic E-state index is -1.03. The summed E-state index contributed by atoms with van der Waals surface area (Å²) in [4.78, 5) is 18.9. The van der Waals surface area contributed by atoms with Crippen LogP contribution < -0.4 is 5.32 Å². The van der Waals surface area contributed by atoms with Crippen LogP contribution in [-0.2, 0) is 13.0 Å². The largest absolute Gasteiger partial charge is 0.352 e. The Morgan fingerprint density at radius 2 is 1.93 bits per heavy atom. The van der Waals surface area contributed by atoms with E-state index in [1.54, 1.807) is 0 Å². The van der Waals surface area contributed by atoms with Crippen molar-refractivity contribution in [2.24, 2.45) is 0 Å². The van der Waals surface area contributed by atoms with Crippen LogP contribution in [0.5, 0.6) is 0 Å². The van der Waals surface area contributed by atoms with E-state index < -0.39 is 17.5 Å². The zero-order valence-electron chi connectivity index (χ0n) is 15.4. The summed E-state index contributed by atoms with van der Waals surface area (Å²) in [5, 5.41) is 2.74. The topological polar surface area (TPSA) is 50.2 Å². The maximum Gasteiger partial charge on any atom is 0.251 e. The first-order valence-corrected chi connectivity index (χ1v) is 8.78. The summed E-state index contributed by atoms with van der Waals surface area (Å²) in [6.45, 7) is 2.01. The maximum absolute atomic E-state index is 13.3. The highest BCUT2D eigenvalue weighted by atomic mass is 19.2. The highest BCUT2D eigenvalue weighted by Crippen LogP contribution is 2.16. The molecule has 27 heavy (non-hydrogen) atoms. The molecule has 3 rings (SSSR count). The highest BCUT2D eigenvalue weighted by molar-refractivity contribution is 5.94. The van der Waals surface area contributed by atoms with Crippen LogP contribution in [0, 0.1) is 11.6 Å². The van der Waals surface area contributed by atoms with Gasteiger partial charge in [0.1, 0.15) is 5.82 Å². The van der Waals surface area contributed by atoms with Gasteiger partial charge in [0, 0.05) is 31.6 Å². The molecule has 5 nitrogen and oxygen atoms in total. The van der Waals surface area contributed by atoms with Crippen LogP contribution >= 0.6 is 0 Å². The number of hydrogen-bond acceptors (Lipinski definition) is 3. The first kappa shape index (κ1) is 19.0. The van der Waals surface area contributed by atoms with Gasteiger partial charge in [-0.25, -0.2) is 13.8 Å². The van der Waals surface area contributed by atoms with Crippen LogP contribution in [-0.4, -0.2) is 47.5 Å². The van der Waals surface area contributed by atoms with Crippen molar-refractivity contribution in [3.63, 3.8) is 0 Å². The summed E-state index contributed by atoms with van der Waals surface area (Å²) in [5.74, 6) is -1.57. The Bertz CT molecular complexity index is 952. The molecule has 7 heteroatoms. The molecule has 0 aliphatic heterocycles. The van der Waals surface area contributed by atoms with Crippen LogP contribution in [0.3, 0.4) is 0 Å². The molecule has 0 aliphatic carbocycles. The number of hydrogen-bond donors (Lipinski definition) is 1. The molecule has 1 heterocycles. The minimum absolute atomic E-state index is 0.0926. The molecule has 3 aromatic rings. The number of likely N-dealkylation sites (N-methyl/N-ethyl adjacent to an activating group) is 1. The average molecular weight is 372 g/mol. The fraction of sp³-hybridized carbons (Fsp3) is 0.300. The van der Waals surface area contributed by atoms with Gasteiger partial charge in [0.25, 0.3) is 5.91 Å². The zero-order chi connectivity index (χ0) is 19.4. The second-order valence-electron chi connectivity index (χ2n) is 6.61. The number of nitrogens with zero attached hydrogens (tertiary/aromatic N) is 3. The third kappa shape index (κ3) is 4.49. The van der Waals surface area contributed by atoms with Crippen molar-refractivity contribution in [3.05, 3.63) is 65.5 Å². The lowest BCUT2D eigenvalue weighted by molar-refractivity contribution is 0.0953. The van der Waals surface area contributed by atoms with Crippen molar-refractivity contribution in [2.75, 3.05) is 27.2 Å². The molecule has 0 radical (unpaired) electrons. The molecule has 2 aromatic carbocycles. The average Bonchev–Trinajstić information content (AvgIpc) is 2.99. The standard InChI is InChI=1S/C20H22F2N4O/c1-25(2)11-12-26-18-6-4-3-5-17(18)24-19(26)9-10-23-20(27)14-7-8-15(21)16(22)13-14/h3-8,13H,9-12H2,1-2H3,(H,23,27). The van der Waals surface area contributed by atoms with E-state index >= 15 is 0 Å². The van der Waals surface area contributed by atoms with E-state index in [0.717, 1.165) is 42.1 Å². The van der Waals surface area contributed by atoms with Crippen molar-refractivity contribution in [1.82, 2.24) is 19.8 Å². The van der Waals surface area contributed by atoms with Crippen molar-refractivity contribution >= 4 is 16.9 Å². The van der Waals surface area contributed by atoms with Crippen LogP contribution in [0.4, 0.5) is 8.78 Å². The van der Waals surface area contributed by atoms with Gasteiger partial charge in [-0.2, -0.15) is 0 Å². The summed E-state index contributed by atoms with van der Waals surface area (Å²) in [7, 11) is 4.03. The van der Waals surface area contributed by atoms with E-state index in [9.17, 15) is 13.6 Å². The number of halogens is 2. The van der Waals surface area contributed by atoms with Gasteiger partial charge < -0.3 is 14.8 Å². The number of imidazole rings is 1. The fourth-order valence-electron chi connectivity index (χ4n) is 2.89. The third-order valence-corrected chi connectivity index (χ3v) is 4.32. The quantitative estimate of drug-likeness (QED) is 0.694. The summed E-state index contributed by atoms with van der Waals surface area (Å²) >= 11 is 0. The molecule has 0 fully saturated rings. The van der Waals surface area contributed by atoms with Gasteiger partial charge in [-0.1, -0.05) is 12.1 Å². The smallest absolute Gasteiger partial charge is 0.251 e. The monoisotopic (exact) mass is 372 g/mol. The van der Waals surface area contributed by atoms with Gasteiger partial charge in [0.15, 0.2) is 11.6 Å². The molecule has 0 atom stereocenters. The molecule has 0 saturated heterocycles. The van der Waals surface area contributed by atoms with Crippen molar-refractivity contribution < 1.29 is 13.6 Å². The van der Waals surface area contributed by atoms with Gasteiger partial charge >= 0.3 is 0 Å². The molecule has 0 bridgehead atoms. The number of aromatic nitrogens is 2. The molecule has 1 amide bonds. The van der Waals surface area contributed by atoms with E-state index in [0.29, 0.717) is 13.0 Å². The highest BCUT2D eigenvalue weighted by Gasteiger charge is 2.12. The first-order chi connectivity index (χ1) is 13.0. The lowest BCUT2D eigenvalue weighted by Gasteiger charge is -2.13. The Balaban J connectivity index is 1.69. The second-order valence-corrected chi connectivity index (χ2v) is 6.61. The van der Waals surface area contributed by atoms with Gasteiger partial charge in [-0.15, -0.1) is 0 Å². The Hall–Kier alpha value is -2.80. The van der Waals surface area contributed by atoms with Gasteiger partial charge in [-0.3, -0.25) is 4.79 Å². The summed E-state index contributed by atoms with van der Waals surface area (Å²) < 4.78 is 28.4. The van der Waals surface area contributed by atoms with E-state index in [-0.39, 0.29) is 5.56 Å². The zero-order valence-corrected chi connectivity index (χ0v) is 15.4. The van der Waals surface area contributed by atoms with Crippen molar-refractivity contribution in [3.8, 4) is 0 Å². The fourth-order valence-corrected chi connectivity index (χ4v) is 2.89. The Morgan fingerprint density at radius 1 is 1.15 bits per heavy atom. The second kappa shape index (κ2) is 8.26. The number of benzene rings is 2. The number of nitrogens with one attached hydrogen (secondary N) is 1. The van der Waals surface area contributed by atoms with E-state index in [4.69, 9.17) is 0 Å². The summed E-state index contributed by atoms with van der Waals surface area (Å²) in [6.07, 6.45) is 0.539. The molecule has 0 aliphatic rings. The number of carbonyl (C=O) groups is 1. The molecule has 0 unspecified atom stereocenters. The molecule has 1 N–H and O–H groups in total. The van der Waals surface area contributed by atoms with E-state index in [2.05, 4.69) is 19.8 Å². The number of rotatable bonds is 7. The number of carbonyl (C=O) groups excluding carboxylic acids is 1. The Kier molecular flexibility index (Phi) is 5.81. The van der Waals surface area contributed by atoms with Crippen LogP contribution in [0.25, 0.3) is 11.0 Å². The molecule has 142 valence electrons. The van der Waals surface area contributed by atoms with Gasteiger partial charge in [0.2, 0.25) is 0 Å². The lowest BCUT2D eigenvalue weighted by Crippen LogP contribution is -2.27. The normalized spacial score (nSPS) is 11.3.